The molecule has 0 aliphatic heterocycles. The first-order chi connectivity index (χ1) is 12.7. The molecular weight excluding hydrogens is 326 g/mol. The van der Waals surface area contributed by atoms with E-state index in [4.69, 9.17) is 15.7 Å². The standard InChI is InChI=1S/C20H29N5O/c21-20-24-18-17(19(26)25-20)22-15(11-13-7-3-1-4-8-13)16(23-18)12-14-9-5-2-6-10-14/h13-14H,1-12H2,(H3,21,23,24,25,26). The van der Waals surface area contributed by atoms with Crippen molar-refractivity contribution >= 4 is 17.1 Å². The van der Waals surface area contributed by atoms with Crippen LogP contribution in [0.15, 0.2) is 4.79 Å². The Morgan fingerprint density at radius 3 is 1.92 bits per heavy atom. The summed E-state index contributed by atoms with van der Waals surface area (Å²) in [4.78, 5) is 28.6. The Kier molecular flexibility index (Phi) is 5.18. The fraction of sp³-hybridized carbons (Fsp3) is 0.700. The van der Waals surface area contributed by atoms with Crippen molar-refractivity contribution in [3.8, 4) is 0 Å². The smallest absolute Gasteiger partial charge is 0.280 e. The highest BCUT2D eigenvalue weighted by atomic mass is 16.1. The number of aromatic amines is 1. The van der Waals surface area contributed by atoms with Gasteiger partial charge in [-0.05, 0) is 24.7 Å². The molecule has 0 bridgehead atoms. The van der Waals surface area contributed by atoms with E-state index in [1.807, 2.05) is 0 Å². The van der Waals surface area contributed by atoms with Crippen LogP contribution in [0.5, 0.6) is 0 Å². The third kappa shape index (κ3) is 3.89. The van der Waals surface area contributed by atoms with E-state index in [-0.39, 0.29) is 11.5 Å². The number of rotatable bonds is 4. The first kappa shape index (κ1) is 17.4. The van der Waals surface area contributed by atoms with Crippen molar-refractivity contribution in [1.82, 2.24) is 19.9 Å². The highest BCUT2D eigenvalue weighted by Crippen LogP contribution is 2.30. The lowest BCUT2D eigenvalue weighted by atomic mass is 9.83. The van der Waals surface area contributed by atoms with Gasteiger partial charge in [-0.25, -0.2) is 9.97 Å². The van der Waals surface area contributed by atoms with Gasteiger partial charge in [-0.2, -0.15) is 4.98 Å². The van der Waals surface area contributed by atoms with E-state index in [1.54, 1.807) is 0 Å². The van der Waals surface area contributed by atoms with Crippen molar-refractivity contribution in [2.45, 2.75) is 77.0 Å². The van der Waals surface area contributed by atoms with Crippen molar-refractivity contribution in [1.29, 1.82) is 0 Å². The lowest BCUT2D eigenvalue weighted by Gasteiger charge is -2.24. The molecule has 2 aliphatic rings. The molecule has 6 heteroatoms. The molecule has 2 saturated carbocycles. The van der Waals surface area contributed by atoms with Crippen molar-refractivity contribution in [3.63, 3.8) is 0 Å². The van der Waals surface area contributed by atoms with E-state index in [9.17, 15) is 4.79 Å². The number of nitrogens with one attached hydrogen (secondary N) is 1. The topological polar surface area (TPSA) is 97.5 Å². The molecule has 2 heterocycles. The number of anilines is 1. The first-order valence-electron chi connectivity index (χ1n) is 10.2. The maximum absolute atomic E-state index is 12.3. The average Bonchev–Trinajstić information content (AvgIpc) is 2.64. The molecule has 3 N–H and O–H groups in total. The lowest BCUT2D eigenvalue weighted by Crippen LogP contribution is -2.20. The van der Waals surface area contributed by atoms with Crippen LogP contribution in [-0.2, 0) is 12.8 Å². The number of aromatic nitrogens is 4. The molecule has 2 aromatic rings. The molecule has 0 radical (unpaired) electrons. The number of nitrogens with two attached hydrogens (primary N) is 1. The van der Waals surface area contributed by atoms with Crippen molar-refractivity contribution < 1.29 is 0 Å². The highest BCUT2D eigenvalue weighted by Gasteiger charge is 2.22. The Bertz CT molecular complexity index is 819. The van der Waals surface area contributed by atoms with Gasteiger partial charge in [-0.15, -0.1) is 0 Å². The van der Waals surface area contributed by atoms with E-state index in [0.717, 1.165) is 24.2 Å². The molecule has 0 atom stereocenters. The van der Waals surface area contributed by atoms with Gasteiger partial charge in [0.15, 0.2) is 11.2 Å². The summed E-state index contributed by atoms with van der Waals surface area (Å²) in [6.07, 6.45) is 14.9. The molecular formula is C20H29N5O. The second kappa shape index (κ2) is 7.72. The van der Waals surface area contributed by atoms with Crippen LogP contribution in [0, 0.1) is 11.8 Å². The van der Waals surface area contributed by atoms with Crippen LogP contribution in [0.3, 0.4) is 0 Å². The summed E-state index contributed by atoms with van der Waals surface area (Å²) < 4.78 is 0. The number of nitrogen functional groups attached to an aromatic ring is 1. The molecule has 26 heavy (non-hydrogen) atoms. The summed E-state index contributed by atoms with van der Waals surface area (Å²) in [7, 11) is 0. The van der Waals surface area contributed by atoms with Crippen LogP contribution in [-0.4, -0.2) is 19.9 Å². The van der Waals surface area contributed by atoms with Crippen LogP contribution < -0.4 is 11.3 Å². The average molecular weight is 355 g/mol. The number of hydrogen-bond acceptors (Lipinski definition) is 5. The van der Waals surface area contributed by atoms with Crippen LogP contribution in [0.2, 0.25) is 0 Å². The molecule has 0 spiro atoms. The number of hydrogen-bond donors (Lipinski definition) is 2. The van der Waals surface area contributed by atoms with E-state index in [2.05, 4.69) is 9.97 Å². The zero-order chi connectivity index (χ0) is 17.9. The molecule has 0 aromatic carbocycles. The Morgan fingerprint density at radius 1 is 0.808 bits per heavy atom. The summed E-state index contributed by atoms with van der Waals surface area (Å²) in [5.74, 6) is 1.46. The van der Waals surface area contributed by atoms with Crippen LogP contribution in [0.1, 0.15) is 75.6 Å². The van der Waals surface area contributed by atoms with Gasteiger partial charge in [0.1, 0.15) is 0 Å². The van der Waals surface area contributed by atoms with E-state index in [1.165, 1.54) is 64.2 Å². The summed E-state index contributed by atoms with van der Waals surface area (Å²) in [6, 6.07) is 0. The van der Waals surface area contributed by atoms with E-state index >= 15 is 0 Å². The van der Waals surface area contributed by atoms with Gasteiger partial charge in [-0.1, -0.05) is 64.2 Å². The zero-order valence-corrected chi connectivity index (χ0v) is 15.5. The predicted octanol–water partition coefficient (Wildman–Crippen LogP) is 3.54. The third-order valence-corrected chi connectivity index (χ3v) is 6.13. The Labute approximate surface area is 154 Å². The molecule has 0 saturated heterocycles. The summed E-state index contributed by atoms with van der Waals surface area (Å²) in [5.41, 5.74) is 8.22. The van der Waals surface area contributed by atoms with Gasteiger partial charge in [0.25, 0.3) is 5.56 Å². The fourth-order valence-electron chi connectivity index (χ4n) is 4.70. The van der Waals surface area contributed by atoms with Gasteiger partial charge in [-0.3, -0.25) is 9.78 Å². The fourth-order valence-corrected chi connectivity index (χ4v) is 4.70. The first-order valence-corrected chi connectivity index (χ1v) is 10.2. The largest absolute Gasteiger partial charge is 0.369 e. The van der Waals surface area contributed by atoms with Gasteiger partial charge < -0.3 is 5.73 Å². The summed E-state index contributed by atoms with van der Waals surface area (Å²) in [6.45, 7) is 0. The predicted molar refractivity (Wildman–Crippen MR) is 103 cm³/mol. The number of fused-ring (bicyclic) bond motifs is 1. The van der Waals surface area contributed by atoms with Gasteiger partial charge in [0.05, 0.1) is 11.4 Å². The highest BCUT2D eigenvalue weighted by molar-refractivity contribution is 5.69. The Morgan fingerprint density at radius 2 is 1.35 bits per heavy atom. The van der Waals surface area contributed by atoms with Crippen LogP contribution >= 0.6 is 0 Å². The second-order valence-corrected chi connectivity index (χ2v) is 8.16. The lowest BCUT2D eigenvalue weighted by molar-refractivity contribution is 0.343. The monoisotopic (exact) mass is 355 g/mol. The summed E-state index contributed by atoms with van der Waals surface area (Å²) in [5, 5.41) is 0. The number of nitrogens with zero attached hydrogens (tertiary/aromatic N) is 3. The zero-order valence-electron chi connectivity index (χ0n) is 15.5. The second-order valence-electron chi connectivity index (χ2n) is 8.16. The Hall–Kier alpha value is -1.98. The molecule has 0 unspecified atom stereocenters. The molecule has 2 aromatic heterocycles. The third-order valence-electron chi connectivity index (χ3n) is 6.13. The Balaban J connectivity index is 1.69. The minimum Gasteiger partial charge on any atom is -0.369 e. The van der Waals surface area contributed by atoms with Crippen molar-refractivity contribution in [2.24, 2.45) is 11.8 Å². The van der Waals surface area contributed by atoms with Gasteiger partial charge in [0, 0.05) is 0 Å². The number of H-pyrrole nitrogens is 1. The van der Waals surface area contributed by atoms with Crippen LogP contribution in [0.4, 0.5) is 5.95 Å². The van der Waals surface area contributed by atoms with E-state index in [0.29, 0.717) is 23.0 Å². The SMILES string of the molecule is Nc1nc2nc(CC3CCCCC3)c(CC3CCCCC3)nc2c(=O)[nH]1. The molecule has 2 fully saturated rings. The molecule has 140 valence electrons. The molecule has 6 nitrogen and oxygen atoms in total. The minimum absolute atomic E-state index is 0.112. The minimum atomic E-state index is -0.283. The molecule has 4 rings (SSSR count). The van der Waals surface area contributed by atoms with Crippen LogP contribution in [0.25, 0.3) is 11.2 Å². The molecule has 0 amide bonds. The van der Waals surface area contributed by atoms with Crippen molar-refractivity contribution in [3.05, 3.63) is 21.7 Å². The van der Waals surface area contributed by atoms with E-state index < -0.39 is 0 Å². The van der Waals surface area contributed by atoms with Crippen molar-refractivity contribution in [2.75, 3.05) is 5.73 Å². The van der Waals surface area contributed by atoms with Gasteiger partial charge in [0.2, 0.25) is 5.95 Å². The maximum atomic E-state index is 12.3. The summed E-state index contributed by atoms with van der Waals surface area (Å²) >= 11 is 0. The quantitative estimate of drug-likeness (QED) is 0.874. The molecule has 2 aliphatic carbocycles. The maximum Gasteiger partial charge on any atom is 0.280 e. The normalized spacial score (nSPS) is 19.8. The van der Waals surface area contributed by atoms with Gasteiger partial charge >= 0.3 is 0 Å².